The Morgan fingerprint density at radius 1 is 0.914 bits per heavy atom. The van der Waals surface area contributed by atoms with Gasteiger partial charge in [-0.1, -0.05) is 0 Å². The van der Waals surface area contributed by atoms with Gasteiger partial charge in [-0.25, -0.2) is 14.8 Å². The molecule has 35 heavy (non-hydrogen) atoms. The van der Waals surface area contributed by atoms with E-state index in [1.54, 1.807) is 12.1 Å². The van der Waals surface area contributed by atoms with E-state index in [0.717, 1.165) is 17.0 Å². The summed E-state index contributed by atoms with van der Waals surface area (Å²) < 4.78 is 46.4. The Hall–Kier alpha value is -4.81. The smallest absolute Gasteiger partial charge is 0.477 e. The largest absolute Gasteiger partial charge is 0.573 e. The van der Waals surface area contributed by atoms with E-state index in [9.17, 15) is 22.8 Å². The number of halogens is 3. The van der Waals surface area contributed by atoms with Crippen LogP contribution < -0.4 is 14.4 Å². The number of aromatic nitrogens is 4. The molecule has 0 aliphatic rings. The Morgan fingerprint density at radius 3 is 2.29 bits per heavy atom. The van der Waals surface area contributed by atoms with Crippen LogP contribution in [0.15, 0.2) is 60.8 Å². The third-order valence-electron chi connectivity index (χ3n) is 4.54. The second-order valence-corrected chi connectivity index (χ2v) is 6.98. The average Bonchev–Trinajstić information content (AvgIpc) is 2.82. The number of anilines is 1. The summed E-state index contributed by atoms with van der Waals surface area (Å²) in [5.41, 5.74) is 0.641. The molecule has 0 atom stereocenters. The van der Waals surface area contributed by atoms with Crippen molar-refractivity contribution in [2.45, 2.75) is 6.36 Å². The van der Waals surface area contributed by atoms with E-state index < -0.39 is 24.0 Å². The first-order chi connectivity index (χ1) is 16.6. The first-order valence-electron chi connectivity index (χ1n) is 9.74. The van der Waals surface area contributed by atoms with Crippen molar-refractivity contribution in [3.63, 3.8) is 0 Å². The van der Waals surface area contributed by atoms with Crippen molar-refractivity contribution in [2.24, 2.45) is 0 Å². The fraction of sp³-hybridized carbons (Fsp3) is 0.0909. The van der Waals surface area contributed by atoms with Crippen LogP contribution in [0.1, 0.15) is 20.8 Å². The number of carbonyl (C=O) groups is 2. The molecule has 0 saturated carbocycles. The first-order valence-corrected chi connectivity index (χ1v) is 9.74. The van der Waals surface area contributed by atoms with Crippen LogP contribution in [-0.4, -0.2) is 50.6 Å². The summed E-state index contributed by atoms with van der Waals surface area (Å²) in [6.45, 7) is 0. The minimum atomic E-state index is -4.84. The zero-order valence-electron chi connectivity index (χ0n) is 17.7. The van der Waals surface area contributed by atoms with Gasteiger partial charge in [0.2, 0.25) is 0 Å². The summed E-state index contributed by atoms with van der Waals surface area (Å²) in [5, 5.41) is 17.0. The van der Waals surface area contributed by atoms with Crippen LogP contribution in [0.2, 0.25) is 0 Å². The molecule has 178 valence electrons. The van der Waals surface area contributed by atoms with Gasteiger partial charge in [0.1, 0.15) is 22.8 Å². The lowest BCUT2D eigenvalue weighted by molar-refractivity contribution is -0.274. The van der Waals surface area contributed by atoms with Crippen molar-refractivity contribution < 1.29 is 37.3 Å². The fourth-order valence-electron chi connectivity index (χ4n) is 2.92. The Kier molecular flexibility index (Phi) is 6.14. The average molecular weight is 485 g/mol. The molecule has 4 aromatic rings. The summed E-state index contributed by atoms with van der Waals surface area (Å²) in [4.78, 5) is 32.9. The normalized spacial score (nSPS) is 11.2. The minimum Gasteiger partial charge on any atom is -0.477 e. The number of nitrogens with zero attached hydrogens (tertiary/aromatic N) is 5. The van der Waals surface area contributed by atoms with Crippen molar-refractivity contribution in [3.8, 4) is 17.2 Å². The second-order valence-electron chi connectivity index (χ2n) is 6.98. The van der Waals surface area contributed by atoms with Crippen molar-refractivity contribution in [2.75, 3.05) is 11.9 Å². The molecule has 13 heteroatoms. The van der Waals surface area contributed by atoms with Crippen LogP contribution in [0.4, 0.5) is 19.1 Å². The lowest BCUT2D eigenvalue weighted by Gasteiger charge is -2.15. The Morgan fingerprint density at radius 2 is 1.60 bits per heavy atom. The van der Waals surface area contributed by atoms with Crippen LogP contribution in [0.25, 0.3) is 11.0 Å². The maximum absolute atomic E-state index is 12.7. The summed E-state index contributed by atoms with van der Waals surface area (Å²) >= 11 is 0. The topological polar surface area (TPSA) is 128 Å². The Bertz CT molecular complexity index is 1410. The third-order valence-corrected chi connectivity index (χ3v) is 4.54. The van der Waals surface area contributed by atoms with Crippen molar-refractivity contribution in [3.05, 3.63) is 72.1 Å². The highest BCUT2D eigenvalue weighted by molar-refractivity contribution is 6.05. The molecule has 0 aliphatic heterocycles. The number of aromatic carboxylic acids is 1. The molecule has 2 heterocycles. The molecule has 0 fully saturated rings. The zero-order chi connectivity index (χ0) is 25.2. The van der Waals surface area contributed by atoms with Gasteiger partial charge in [0.05, 0.1) is 5.52 Å². The number of carboxylic acids is 1. The van der Waals surface area contributed by atoms with Gasteiger partial charge in [-0.15, -0.1) is 23.4 Å². The number of hydrogen-bond acceptors (Lipinski definition) is 8. The van der Waals surface area contributed by atoms with Gasteiger partial charge < -0.3 is 14.6 Å². The summed E-state index contributed by atoms with van der Waals surface area (Å²) in [5.74, 6) is -1.66. The monoisotopic (exact) mass is 485 g/mol. The maximum atomic E-state index is 12.7. The van der Waals surface area contributed by atoms with Crippen molar-refractivity contribution in [1.29, 1.82) is 0 Å². The number of alkyl halides is 3. The molecule has 10 nitrogen and oxygen atoms in total. The van der Waals surface area contributed by atoms with Gasteiger partial charge in [0, 0.05) is 30.9 Å². The summed E-state index contributed by atoms with van der Waals surface area (Å²) in [6.07, 6.45) is -3.53. The zero-order valence-corrected chi connectivity index (χ0v) is 17.7. The van der Waals surface area contributed by atoms with E-state index in [0.29, 0.717) is 16.8 Å². The molecule has 0 spiro atoms. The highest BCUT2D eigenvalue weighted by Gasteiger charge is 2.31. The molecule has 0 saturated heterocycles. The van der Waals surface area contributed by atoms with Gasteiger partial charge in [0.15, 0.2) is 5.69 Å². The number of carbonyl (C=O) groups excluding carboxylic acids is 1. The molecular weight excluding hydrogens is 471 g/mol. The highest BCUT2D eigenvalue weighted by Crippen LogP contribution is 2.26. The van der Waals surface area contributed by atoms with E-state index >= 15 is 0 Å². The molecule has 0 bridgehead atoms. The minimum absolute atomic E-state index is 0.0352. The van der Waals surface area contributed by atoms with Gasteiger partial charge in [0.25, 0.3) is 11.9 Å². The van der Waals surface area contributed by atoms with Crippen molar-refractivity contribution >= 4 is 28.9 Å². The number of pyridine rings is 1. The van der Waals surface area contributed by atoms with Crippen LogP contribution in [0.5, 0.6) is 17.2 Å². The quantitative estimate of drug-likeness (QED) is 0.430. The maximum Gasteiger partial charge on any atom is 0.573 e. The molecule has 1 N–H and O–H groups in total. The molecule has 0 aliphatic carbocycles. The van der Waals surface area contributed by atoms with Crippen molar-refractivity contribution in [1.82, 2.24) is 20.2 Å². The number of carboxylic acid groups (broad SMARTS) is 1. The molecule has 1 amide bonds. The van der Waals surface area contributed by atoms with Gasteiger partial charge in [-0.05, 0) is 42.5 Å². The standard InChI is InChI=1S/C22H14F3N5O5/c1-30(19(31)12-2-4-13(5-3-12)35-22(23,24)25)21-27-16-7-6-14(10-17(16)28-29-21)34-15-8-9-26-18(11-15)20(32)33/h2-11H,1H3,(H,32,33). The highest BCUT2D eigenvalue weighted by atomic mass is 19.4. The molecule has 0 radical (unpaired) electrons. The van der Waals surface area contributed by atoms with E-state index in [4.69, 9.17) is 9.84 Å². The van der Waals surface area contributed by atoms with Gasteiger partial charge >= 0.3 is 12.3 Å². The number of hydrogen-bond donors (Lipinski definition) is 1. The predicted octanol–water partition coefficient (Wildman–Crippen LogP) is 4.09. The second kappa shape index (κ2) is 9.21. The van der Waals surface area contributed by atoms with Crippen LogP contribution in [-0.2, 0) is 0 Å². The van der Waals surface area contributed by atoms with Gasteiger partial charge in [-0.2, -0.15) is 0 Å². The molecule has 0 unspecified atom stereocenters. The predicted molar refractivity (Wildman–Crippen MR) is 114 cm³/mol. The first kappa shape index (κ1) is 23.4. The van der Waals surface area contributed by atoms with Crippen LogP contribution in [0.3, 0.4) is 0 Å². The number of rotatable bonds is 6. The van der Waals surface area contributed by atoms with Crippen LogP contribution in [0, 0.1) is 0 Å². The lowest BCUT2D eigenvalue weighted by Crippen LogP contribution is -2.28. The summed E-state index contributed by atoms with van der Waals surface area (Å²) in [7, 11) is 1.40. The van der Waals surface area contributed by atoms with Gasteiger partial charge in [-0.3, -0.25) is 9.69 Å². The number of fused-ring (bicyclic) bond motifs is 1. The molecular formula is C22H14F3N5O5. The lowest BCUT2D eigenvalue weighted by atomic mass is 10.2. The number of benzene rings is 2. The number of ether oxygens (including phenoxy) is 2. The van der Waals surface area contributed by atoms with E-state index in [-0.39, 0.29) is 23.0 Å². The fourth-order valence-corrected chi connectivity index (χ4v) is 2.92. The van der Waals surface area contributed by atoms with Crippen LogP contribution >= 0.6 is 0 Å². The van der Waals surface area contributed by atoms with E-state index in [1.807, 2.05) is 0 Å². The number of amides is 1. The molecule has 2 aromatic carbocycles. The SMILES string of the molecule is CN(C(=O)c1ccc(OC(F)(F)F)cc1)c1nnc2cc(Oc3ccnc(C(=O)O)c3)ccc2n1. The van der Waals surface area contributed by atoms with E-state index in [2.05, 4.69) is 24.9 Å². The Balaban J connectivity index is 1.50. The van der Waals surface area contributed by atoms with E-state index in [1.165, 1.54) is 43.6 Å². The summed E-state index contributed by atoms with van der Waals surface area (Å²) in [6, 6.07) is 11.9. The Labute approximate surface area is 194 Å². The molecule has 2 aromatic heterocycles. The third kappa shape index (κ3) is 5.58. The molecule has 4 rings (SSSR count).